The molecule has 0 spiro atoms. The van der Waals surface area contributed by atoms with Crippen molar-refractivity contribution >= 4 is 5.91 Å². The van der Waals surface area contributed by atoms with E-state index < -0.39 is 12.1 Å². The molecule has 0 heterocycles. The van der Waals surface area contributed by atoms with Crippen LogP contribution in [-0.2, 0) is 4.79 Å². The average molecular weight is 1090 g/mol. The molecule has 0 aromatic heterocycles. The van der Waals surface area contributed by atoms with Crippen LogP contribution in [0.25, 0.3) is 0 Å². The summed E-state index contributed by atoms with van der Waals surface area (Å²) in [5.41, 5.74) is 0. The van der Waals surface area contributed by atoms with E-state index in [1.807, 2.05) is 6.08 Å². The molecule has 2 atom stereocenters. The summed E-state index contributed by atoms with van der Waals surface area (Å²) in [7, 11) is 0. The molecule has 4 heteroatoms. The minimum absolute atomic E-state index is 0.0679. The highest BCUT2D eigenvalue weighted by Crippen LogP contribution is 2.19. The van der Waals surface area contributed by atoms with E-state index in [0.717, 1.165) is 57.8 Å². The van der Waals surface area contributed by atoms with E-state index in [1.165, 1.54) is 295 Å². The first-order valence-electron chi connectivity index (χ1n) is 35.2. The molecule has 0 aliphatic heterocycles. The molecule has 0 bridgehead atoms. The number of carbonyl (C=O) groups is 1. The van der Waals surface area contributed by atoms with Gasteiger partial charge in [-0.15, -0.1) is 0 Å². The van der Waals surface area contributed by atoms with Gasteiger partial charge >= 0.3 is 0 Å². The first-order chi connectivity index (χ1) is 38.7. The zero-order chi connectivity index (χ0) is 56.2. The molecule has 0 aliphatic rings. The molecule has 78 heavy (non-hydrogen) atoms. The van der Waals surface area contributed by atoms with Crippen molar-refractivity contribution in [2.75, 3.05) is 6.61 Å². The van der Waals surface area contributed by atoms with E-state index in [-0.39, 0.29) is 12.5 Å². The fraction of sp³-hybridized carbons (Fsp3) is 0.824. The summed E-state index contributed by atoms with van der Waals surface area (Å²) in [5.74, 6) is -0.0679. The second-order valence-corrected chi connectivity index (χ2v) is 23.9. The SMILES string of the molecule is CC/C=C\C/C=C\C/C=C\C/C=C\CCCCCCCCCCCCCCCCCCCCCCCCC(=O)NC(CO)C(O)/C=C/CC/C=C/CCCCCCCCCCCCCCCCCCCCCCCCCCC. The summed E-state index contributed by atoms with van der Waals surface area (Å²) in [5, 5.41) is 23.3. The minimum Gasteiger partial charge on any atom is -0.394 e. The smallest absolute Gasteiger partial charge is 0.220 e. The lowest BCUT2D eigenvalue weighted by Gasteiger charge is -2.19. The van der Waals surface area contributed by atoms with Crippen LogP contribution in [0.5, 0.6) is 0 Å². The van der Waals surface area contributed by atoms with Gasteiger partial charge in [-0.3, -0.25) is 4.79 Å². The summed E-state index contributed by atoms with van der Waals surface area (Å²) in [6.45, 7) is 4.22. The Bertz CT molecular complexity index is 1330. The monoisotopic (exact) mass is 1090 g/mol. The van der Waals surface area contributed by atoms with Crippen LogP contribution in [0.3, 0.4) is 0 Å². The van der Waals surface area contributed by atoms with Gasteiger partial charge in [0.2, 0.25) is 5.91 Å². The maximum absolute atomic E-state index is 12.5. The lowest BCUT2D eigenvalue weighted by molar-refractivity contribution is -0.123. The number of unbranched alkanes of at least 4 members (excludes halogenated alkanes) is 48. The van der Waals surface area contributed by atoms with Gasteiger partial charge in [-0.1, -0.05) is 369 Å². The largest absolute Gasteiger partial charge is 0.394 e. The van der Waals surface area contributed by atoms with Gasteiger partial charge in [0.1, 0.15) is 0 Å². The molecule has 0 fully saturated rings. The van der Waals surface area contributed by atoms with Crippen LogP contribution in [0, 0.1) is 0 Å². The fourth-order valence-electron chi connectivity index (χ4n) is 10.9. The molecule has 0 aromatic carbocycles. The van der Waals surface area contributed by atoms with E-state index in [1.54, 1.807) is 6.08 Å². The average Bonchev–Trinajstić information content (AvgIpc) is 3.44. The Morgan fingerprint density at radius 3 is 0.897 bits per heavy atom. The van der Waals surface area contributed by atoms with Crippen LogP contribution in [0.4, 0.5) is 0 Å². The number of hydrogen-bond acceptors (Lipinski definition) is 3. The number of aliphatic hydroxyl groups is 2. The summed E-state index contributed by atoms with van der Waals surface area (Å²) >= 11 is 0. The summed E-state index contributed by atoms with van der Waals surface area (Å²) in [6.07, 6.45) is 100. The van der Waals surface area contributed by atoms with Gasteiger partial charge in [0.25, 0.3) is 0 Å². The van der Waals surface area contributed by atoms with Gasteiger partial charge < -0.3 is 15.5 Å². The van der Waals surface area contributed by atoms with Crippen molar-refractivity contribution in [2.24, 2.45) is 0 Å². The first kappa shape index (κ1) is 75.8. The third-order valence-corrected chi connectivity index (χ3v) is 16.2. The van der Waals surface area contributed by atoms with Crippen molar-refractivity contribution in [1.82, 2.24) is 5.32 Å². The Hall–Kier alpha value is -2.17. The van der Waals surface area contributed by atoms with Gasteiger partial charge in [0.15, 0.2) is 0 Å². The molecule has 2 unspecified atom stereocenters. The van der Waals surface area contributed by atoms with E-state index >= 15 is 0 Å². The maximum Gasteiger partial charge on any atom is 0.220 e. The second-order valence-electron chi connectivity index (χ2n) is 23.9. The minimum atomic E-state index is -0.865. The standard InChI is InChI=1S/C74H137NO3/c1-3-5-7-9-11-13-15-17-19-21-23-25-27-29-31-33-35-36-37-38-40-42-44-46-48-50-52-54-56-58-60-62-64-66-68-70-74(78)75-72(71-76)73(77)69-67-65-63-61-59-57-55-53-51-49-47-45-43-41-39-34-32-30-28-26-24-22-20-18-16-14-12-10-8-6-4-2/h5,7,11,13,17,19,23,25,59,61,67,69,72-73,76-77H,3-4,6,8-10,12,14-16,18,20-22,24,26-58,60,62-66,68,70-71H2,1-2H3,(H,75,78)/b7-5-,13-11-,19-17-,25-23-,61-59+,69-67+. The van der Waals surface area contributed by atoms with Crippen LogP contribution in [0.1, 0.15) is 373 Å². The van der Waals surface area contributed by atoms with Crippen molar-refractivity contribution in [1.29, 1.82) is 0 Å². The summed E-state index contributed by atoms with van der Waals surface area (Å²) in [6, 6.07) is -0.642. The molecular weight excluding hydrogens is 951 g/mol. The number of rotatable bonds is 65. The lowest BCUT2D eigenvalue weighted by Crippen LogP contribution is -2.45. The van der Waals surface area contributed by atoms with Gasteiger partial charge in [-0.2, -0.15) is 0 Å². The summed E-state index contributed by atoms with van der Waals surface area (Å²) in [4.78, 5) is 12.5. The van der Waals surface area contributed by atoms with E-state index in [2.05, 4.69) is 79.9 Å². The number of amides is 1. The fourth-order valence-corrected chi connectivity index (χ4v) is 10.9. The highest BCUT2D eigenvalue weighted by molar-refractivity contribution is 5.76. The van der Waals surface area contributed by atoms with Crippen molar-refractivity contribution in [3.63, 3.8) is 0 Å². The van der Waals surface area contributed by atoms with E-state index in [0.29, 0.717) is 6.42 Å². The molecule has 0 radical (unpaired) electrons. The molecule has 0 aromatic rings. The van der Waals surface area contributed by atoms with Crippen LogP contribution in [-0.4, -0.2) is 34.9 Å². The zero-order valence-electron chi connectivity index (χ0n) is 52.7. The molecule has 4 nitrogen and oxygen atoms in total. The van der Waals surface area contributed by atoms with Gasteiger partial charge in [-0.05, 0) is 70.6 Å². The van der Waals surface area contributed by atoms with Crippen LogP contribution in [0.15, 0.2) is 72.9 Å². The highest BCUT2D eigenvalue weighted by atomic mass is 16.3. The normalized spacial score (nSPS) is 13.1. The molecule has 0 rings (SSSR count). The number of aliphatic hydroxyl groups excluding tert-OH is 2. The van der Waals surface area contributed by atoms with E-state index in [4.69, 9.17) is 0 Å². The lowest BCUT2D eigenvalue weighted by atomic mass is 10.0. The molecular formula is C74H137NO3. The molecule has 0 saturated carbocycles. The zero-order valence-corrected chi connectivity index (χ0v) is 52.7. The third-order valence-electron chi connectivity index (χ3n) is 16.2. The maximum atomic E-state index is 12.5. The molecule has 0 saturated heterocycles. The number of hydrogen-bond donors (Lipinski definition) is 3. The Morgan fingerprint density at radius 1 is 0.321 bits per heavy atom. The predicted octanol–water partition coefficient (Wildman–Crippen LogP) is 24.0. The first-order valence-corrected chi connectivity index (χ1v) is 35.2. The number of allylic oxidation sites excluding steroid dienone is 11. The Morgan fingerprint density at radius 2 is 0.577 bits per heavy atom. The van der Waals surface area contributed by atoms with Crippen LogP contribution >= 0.6 is 0 Å². The Kier molecular flexibility index (Phi) is 67.2. The van der Waals surface area contributed by atoms with Crippen LogP contribution in [0.2, 0.25) is 0 Å². The molecule has 3 N–H and O–H groups in total. The quantitative estimate of drug-likeness (QED) is 0.0420. The topological polar surface area (TPSA) is 69.6 Å². The summed E-state index contributed by atoms with van der Waals surface area (Å²) < 4.78 is 0. The Balaban J connectivity index is 3.45. The van der Waals surface area contributed by atoms with Crippen molar-refractivity contribution < 1.29 is 15.0 Å². The molecule has 0 aliphatic carbocycles. The number of carbonyl (C=O) groups excluding carboxylic acids is 1. The van der Waals surface area contributed by atoms with Gasteiger partial charge in [0.05, 0.1) is 18.8 Å². The van der Waals surface area contributed by atoms with Gasteiger partial charge in [0, 0.05) is 6.42 Å². The van der Waals surface area contributed by atoms with Crippen LogP contribution < -0.4 is 5.32 Å². The van der Waals surface area contributed by atoms with Crippen molar-refractivity contribution in [3.05, 3.63) is 72.9 Å². The van der Waals surface area contributed by atoms with Crippen molar-refractivity contribution in [3.8, 4) is 0 Å². The molecule has 456 valence electrons. The third kappa shape index (κ3) is 64.6. The highest BCUT2D eigenvalue weighted by Gasteiger charge is 2.18. The molecule has 1 amide bonds. The predicted molar refractivity (Wildman–Crippen MR) is 350 cm³/mol. The second kappa shape index (κ2) is 69.1. The van der Waals surface area contributed by atoms with E-state index in [9.17, 15) is 15.0 Å². The van der Waals surface area contributed by atoms with Crippen molar-refractivity contribution in [2.45, 2.75) is 386 Å². The number of nitrogens with one attached hydrogen (secondary N) is 1. The van der Waals surface area contributed by atoms with Gasteiger partial charge in [-0.25, -0.2) is 0 Å². The Labute approximate surface area is 489 Å².